The number of hydrogen-bond acceptors (Lipinski definition) is 5. The minimum absolute atomic E-state index is 0.0722. The molecule has 1 N–H and O–H groups in total. The Bertz CT molecular complexity index is 803. The Morgan fingerprint density at radius 3 is 2.46 bits per heavy atom. The topological polar surface area (TPSA) is 68.6 Å². The highest BCUT2D eigenvalue weighted by molar-refractivity contribution is 5.93. The van der Waals surface area contributed by atoms with Crippen molar-refractivity contribution in [3.63, 3.8) is 0 Å². The molecule has 0 spiro atoms. The first-order valence-electron chi connectivity index (χ1n) is 9.61. The Morgan fingerprint density at radius 1 is 1.21 bits per heavy atom. The van der Waals surface area contributed by atoms with Gasteiger partial charge in [-0.2, -0.15) is 5.10 Å². The largest absolute Gasteiger partial charge is 0.497 e. The van der Waals surface area contributed by atoms with Gasteiger partial charge in [-0.1, -0.05) is 0 Å². The summed E-state index contributed by atoms with van der Waals surface area (Å²) in [5.74, 6) is 1.89. The van der Waals surface area contributed by atoms with Gasteiger partial charge in [0.05, 0.1) is 31.5 Å². The highest BCUT2D eigenvalue weighted by Crippen LogP contribution is 2.31. The maximum absolute atomic E-state index is 12.4. The van der Waals surface area contributed by atoms with Crippen LogP contribution in [0.4, 0.5) is 5.69 Å². The normalized spacial score (nSPS) is 16.9. The molecule has 1 aliphatic rings. The number of hydrogen-bond donors (Lipinski definition) is 1. The van der Waals surface area contributed by atoms with Crippen LogP contribution in [0, 0.1) is 5.92 Å². The van der Waals surface area contributed by atoms with Gasteiger partial charge in [0.2, 0.25) is 0 Å². The van der Waals surface area contributed by atoms with Crippen LogP contribution in [0.3, 0.4) is 0 Å². The van der Waals surface area contributed by atoms with E-state index in [4.69, 9.17) is 9.47 Å². The number of benzene rings is 1. The zero-order valence-electron chi connectivity index (χ0n) is 17.4. The number of nitrogens with zero attached hydrogens (tertiary/aromatic N) is 3. The summed E-state index contributed by atoms with van der Waals surface area (Å²) in [4.78, 5) is 14.8. The van der Waals surface area contributed by atoms with Crippen LogP contribution in [0.2, 0.25) is 0 Å². The molecule has 3 rings (SSSR count). The number of amides is 1. The van der Waals surface area contributed by atoms with Crippen LogP contribution in [0.1, 0.15) is 37.6 Å². The standard InChI is InChI=1S/C21H30N4O3/c1-21(2,3)25-14-16(12-23-25)20(26)22-11-15-6-7-24(13-15)17-8-18(27-4)10-19(9-17)28-5/h8-10,12,14-15H,6-7,11,13H2,1-5H3,(H,22,26). The van der Waals surface area contributed by atoms with E-state index in [1.165, 1.54) is 0 Å². The number of anilines is 1. The SMILES string of the molecule is COc1cc(OC)cc(N2CCC(CNC(=O)c3cnn(C(C)(C)C)c3)C2)c1. The Kier molecular flexibility index (Phi) is 5.82. The first-order valence-corrected chi connectivity index (χ1v) is 9.61. The van der Waals surface area contributed by atoms with Crippen LogP contribution >= 0.6 is 0 Å². The van der Waals surface area contributed by atoms with Crippen molar-refractivity contribution in [3.05, 3.63) is 36.2 Å². The molecular weight excluding hydrogens is 356 g/mol. The molecule has 1 fully saturated rings. The van der Waals surface area contributed by atoms with E-state index in [-0.39, 0.29) is 11.4 Å². The molecule has 1 aromatic heterocycles. The van der Waals surface area contributed by atoms with Gasteiger partial charge < -0.3 is 19.7 Å². The lowest BCUT2D eigenvalue weighted by molar-refractivity contribution is 0.0948. The van der Waals surface area contributed by atoms with Crippen LogP contribution in [-0.2, 0) is 5.54 Å². The van der Waals surface area contributed by atoms with Crippen molar-refractivity contribution < 1.29 is 14.3 Å². The number of carbonyl (C=O) groups is 1. The summed E-state index contributed by atoms with van der Waals surface area (Å²) in [6.07, 6.45) is 4.46. The first kappa shape index (κ1) is 20.0. The monoisotopic (exact) mass is 386 g/mol. The van der Waals surface area contributed by atoms with E-state index < -0.39 is 0 Å². The summed E-state index contributed by atoms with van der Waals surface area (Å²) >= 11 is 0. The van der Waals surface area contributed by atoms with E-state index >= 15 is 0 Å². The number of aromatic nitrogens is 2. The maximum Gasteiger partial charge on any atom is 0.254 e. The predicted octanol–water partition coefficient (Wildman–Crippen LogP) is 2.91. The molecule has 28 heavy (non-hydrogen) atoms. The second kappa shape index (κ2) is 8.12. The summed E-state index contributed by atoms with van der Waals surface area (Å²) in [5.41, 5.74) is 1.54. The molecule has 0 radical (unpaired) electrons. The summed E-state index contributed by atoms with van der Waals surface area (Å²) in [6.45, 7) is 8.65. The maximum atomic E-state index is 12.4. The molecule has 1 atom stereocenters. The van der Waals surface area contributed by atoms with Gasteiger partial charge in [-0.15, -0.1) is 0 Å². The molecule has 2 heterocycles. The molecule has 1 aliphatic heterocycles. The Morgan fingerprint density at radius 2 is 1.89 bits per heavy atom. The molecule has 1 amide bonds. The number of methoxy groups -OCH3 is 2. The van der Waals surface area contributed by atoms with Gasteiger partial charge in [0.1, 0.15) is 11.5 Å². The highest BCUT2D eigenvalue weighted by atomic mass is 16.5. The Balaban J connectivity index is 1.56. The number of nitrogens with one attached hydrogen (secondary N) is 1. The van der Waals surface area contributed by atoms with E-state index in [9.17, 15) is 4.79 Å². The van der Waals surface area contributed by atoms with E-state index in [1.807, 2.05) is 22.9 Å². The fourth-order valence-corrected chi connectivity index (χ4v) is 3.35. The number of carbonyl (C=O) groups excluding carboxylic acids is 1. The lowest BCUT2D eigenvalue weighted by Gasteiger charge is -2.20. The fraction of sp³-hybridized carbons (Fsp3) is 0.524. The van der Waals surface area contributed by atoms with Crippen LogP contribution in [0.25, 0.3) is 0 Å². The molecule has 2 aromatic rings. The zero-order chi connectivity index (χ0) is 20.3. The van der Waals surface area contributed by atoms with E-state index in [0.29, 0.717) is 18.0 Å². The number of rotatable bonds is 6. The highest BCUT2D eigenvalue weighted by Gasteiger charge is 2.24. The second-order valence-corrected chi connectivity index (χ2v) is 8.23. The quantitative estimate of drug-likeness (QED) is 0.827. The summed E-state index contributed by atoms with van der Waals surface area (Å²) in [5, 5.41) is 7.35. The molecule has 0 saturated carbocycles. The van der Waals surface area contributed by atoms with E-state index in [0.717, 1.165) is 36.7 Å². The van der Waals surface area contributed by atoms with Crippen LogP contribution in [-0.4, -0.2) is 49.5 Å². The van der Waals surface area contributed by atoms with Gasteiger partial charge in [0, 0.05) is 49.7 Å². The Hall–Kier alpha value is -2.70. The van der Waals surface area contributed by atoms with Crippen molar-refractivity contribution in [2.75, 3.05) is 38.8 Å². The van der Waals surface area contributed by atoms with Crippen molar-refractivity contribution in [1.82, 2.24) is 15.1 Å². The smallest absolute Gasteiger partial charge is 0.254 e. The molecule has 7 heteroatoms. The lowest BCUT2D eigenvalue weighted by Crippen LogP contribution is -2.31. The Labute approximate surface area is 166 Å². The van der Waals surface area contributed by atoms with Gasteiger partial charge in [0.15, 0.2) is 0 Å². The molecular formula is C21H30N4O3. The van der Waals surface area contributed by atoms with Crippen molar-refractivity contribution in [3.8, 4) is 11.5 Å². The molecule has 7 nitrogen and oxygen atoms in total. The van der Waals surface area contributed by atoms with E-state index in [2.05, 4.69) is 36.1 Å². The molecule has 0 aliphatic carbocycles. The fourth-order valence-electron chi connectivity index (χ4n) is 3.35. The van der Waals surface area contributed by atoms with Crippen LogP contribution < -0.4 is 19.7 Å². The predicted molar refractivity (Wildman–Crippen MR) is 109 cm³/mol. The molecule has 1 unspecified atom stereocenters. The summed E-state index contributed by atoms with van der Waals surface area (Å²) in [6, 6.07) is 5.91. The molecule has 1 saturated heterocycles. The average Bonchev–Trinajstić information content (AvgIpc) is 3.35. The van der Waals surface area contributed by atoms with Crippen molar-refractivity contribution in [2.45, 2.75) is 32.7 Å². The van der Waals surface area contributed by atoms with Crippen molar-refractivity contribution in [1.29, 1.82) is 0 Å². The minimum atomic E-state index is -0.137. The molecule has 0 bridgehead atoms. The third-order valence-corrected chi connectivity index (χ3v) is 5.07. The van der Waals surface area contributed by atoms with Gasteiger partial charge in [-0.25, -0.2) is 0 Å². The number of ether oxygens (including phenoxy) is 2. The zero-order valence-corrected chi connectivity index (χ0v) is 17.4. The summed E-state index contributed by atoms with van der Waals surface area (Å²) < 4.78 is 12.5. The first-order chi connectivity index (χ1) is 13.3. The van der Waals surface area contributed by atoms with Crippen LogP contribution in [0.15, 0.2) is 30.6 Å². The molecule has 152 valence electrons. The third-order valence-electron chi connectivity index (χ3n) is 5.07. The lowest BCUT2D eigenvalue weighted by atomic mass is 10.1. The minimum Gasteiger partial charge on any atom is -0.497 e. The second-order valence-electron chi connectivity index (χ2n) is 8.23. The van der Waals surface area contributed by atoms with E-state index in [1.54, 1.807) is 26.6 Å². The van der Waals surface area contributed by atoms with Gasteiger partial charge in [-0.05, 0) is 33.1 Å². The molecule has 1 aromatic carbocycles. The van der Waals surface area contributed by atoms with Gasteiger partial charge in [0.25, 0.3) is 5.91 Å². The summed E-state index contributed by atoms with van der Waals surface area (Å²) in [7, 11) is 3.31. The van der Waals surface area contributed by atoms with Gasteiger partial charge in [-0.3, -0.25) is 9.48 Å². The van der Waals surface area contributed by atoms with Crippen molar-refractivity contribution in [2.24, 2.45) is 5.92 Å². The third kappa shape index (κ3) is 4.58. The van der Waals surface area contributed by atoms with Crippen LogP contribution in [0.5, 0.6) is 11.5 Å². The van der Waals surface area contributed by atoms with Gasteiger partial charge >= 0.3 is 0 Å². The average molecular weight is 386 g/mol. The van der Waals surface area contributed by atoms with Crippen molar-refractivity contribution >= 4 is 11.6 Å².